The van der Waals surface area contributed by atoms with E-state index in [2.05, 4.69) is 6.92 Å². The summed E-state index contributed by atoms with van der Waals surface area (Å²) in [6, 6.07) is 14.9. The number of benzene rings is 3. The summed E-state index contributed by atoms with van der Waals surface area (Å²) in [6.45, 7) is 10.9. The van der Waals surface area contributed by atoms with Crippen LogP contribution in [0.1, 0.15) is 89.2 Å². The Morgan fingerprint density at radius 1 is 0.860 bits per heavy atom. The van der Waals surface area contributed by atoms with Crippen LogP contribution in [-0.4, -0.2) is 31.7 Å². The summed E-state index contributed by atoms with van der Waals surface area (Å²) in [5.74, 6) is 0.239. The molecule has 0 bridgehead atoms. The lowest BCUT2D eigenvalue weighted by molar-refractivity contribution is 0.0526. The topological polar surface area (TPSA) is 95.3 Å². The van der Waals surface area contributed by atoms with E-state index in [4.69, 9.17) is 18.6 Å². The highest BCUT2D eigenvalue weighted by Gasteiger charge is 2.44. The zero-order chi connectivity index (χ0) is 30.7. The van der Waals surface area contributed by atoms with Crippen LogP contribution in [0.15, 0.2) is 63.8 Å². The molecule has 4 aromatic rings. The van der Waals surface area contributed by atoms with Gasteiger partial charge in [0.1, 0.15) is 5.58 Å². The van der Waals surface area contributed by atoms with Crippen LogP contribution in [-0.2, 0) is 4.74 Å². The van der Waals surface area contributed by atoms with Crippen molar-refractivity contribution in [1.82, 2.24) is 0 Å². The van der Waals surface area contributed by atoms with E-state index < -0.39 is 17.9 Å². The summed E-state index contributed by atoms with van der Waals surface area (Å²) in [4.78, 5) is 42.0. The third-order valence-electron chi connectivity index (χ3n) is 7.73. The van der Waals surface area contributed by atoms with Gasteiger partial charge in [0.2, 0.25) is 5.76 Å². The number of unbranched alkanes of at least 4 members (excludes halogenated alkanes) is 2. The summed E-state index contributed by atoms with van der Waals surface area (Å²) >= 11 is 0. The molecule has 5 rings (SSSR count). The monoisotopic (exact) mass is 583 g/mol. The molecular formula is C35H37NO7. The summed E-state index contributed by atoms with van der Waals surface area (Å²) in [6.07, 6.45) is 3.08. The van der Waals surface area contributed by atoms with Crippen LogP contribution in [0.25, 0.3) is 11.0 Å². The second-order valence-electron chi connectivity index (χ2n) is 10.6. The molecule has 1 aromatic heterocycles. The average Bonchev–Trinajstić information content (AvgIpc) is 3.29. The lowest BCUT2D eigenvalue weighted by atomic mass is 9.96. The van der Waals surface area contributed by atoms with Gasteiger partial charge in [0.05, 0.1) is 42.4 Å². The summed E-state index contributed by atoms with van der Waals surface area (Å²) < 4.78 is 23.3. The maximum atomic E-state index is 14.1. The third kappa shape index (κ3) is 5.74. The van der Waals surface area contributed by atoms with Crippen molar-refractivity contribution in [3.05, 3.63) is 98.4 Å². The van der Waals surface area contributed by atoms with E-state index in [9.17, 15) is 14.4 Å². The summed E-state index contributed by atoms with van der Waals surface area (Å²) in [5.41, 5.74) is 3.81. The van der Waals surface area contributed by atoms with Crippen molar-refractivity contribution in [3.63, 3.8) is 0 Å². The van der Waals surface area contributed by atoms with E-state index in [0.717, 1.165) is 30.4 Å². The summed E-state index contributed by atoms with van der Waals surface area (Å²) in [7, 11) is 0. The van der Waals surface area contributed by atoms with Gasteiger partial charge in [0.15, 0.2) is 16.9 Å². The number of ether oxygens (including phenoxy) is 3. The maximum absolute atomic E-state index is 14.1. The van der Waals surface area contributed by atoms with Gasteiger partial charge in [-0.15, -0.1) is 0 Å². The van der Waals surface area contributed by atoms with Crippen LogP contribution < -0.4 is 19.8 Å². The number of aryl methyl sites for hydroxylation is 2. The predicted octanol–water partition coefficient (Wildman–Crippen LogP) is 7.30. The van der Waals surface area contributed by atoms with E-state index in [1.165, 1.54) is 4.90 Å². The molecule has 0 N–H and O–H groups in total. The molecule has 1 aliphatic heterocycles. The predicted molar refractivity (Wildman–Crippen MR) is 166 cm³/mol. The van der Waals surface area contributed by atoms with E-state index in [-0.39, 0.29) is 23.4 Å². The first-order valence-electron chi connectivity index (χ1n) is 14.9. The standard InChI is InChI=1S/C35H37NO7/c1-6-9-10-17-42-27-16-13-24(20-29(27)40-7-2)31-30-32(37)26-18-21(4)22(5)19-28(26)43-33(30)34(38)36(31)25-14-11-23(12-15-25)35(39)41-8-3/h11-16,18-20,31H,6-10,17H2,1-5H3. The minimum atomic E-state index is -0.799. The largest absolute Gasteiger partial charge is 0.490 e. The molecule has 0 saturated heterocycles. The first-order valence-corrected chi connectivity index (χ1v) is 14.9. The SMILES string of the molecule is CCCCCOc1ccc(C2c3c(oc4cc(C)c(C)cc4c3=O)C(=O)N2c2ccc(C(=O)OCC)cc2)cc1OCC. The highest BCUT2D eigenvalue weighted by molar-refractivity contribution is 6.11. The fourth-order valence-electron chi connectivity index (χ4n) is 5.40. The van der Waals surface area contributed by atoms with E-state index >= 15 is 0 Å². The Hall–Kier alpha value is -4.59. The second kappa shape index (κ2) is 12.7. The number of hydrogen-bond acceptors (Lipinski definition) is 7. The Labute approximate surface area is 251 Å². The molecule has 1 unspecified atom stereocenters. The molecule has 8 nitrogen and oxygen atoms in total. The Morgan fingerprint density at radius 3 is 2.30 bits per heavy atom. The van der Waals surface area contributed by atoms with Gasteiger partial charge in [-0.3, -0.25) is 14.5 Å². The molecule has 1 amide bonds. The highest BCUT2D eigenvalue weighted by Crippen LogP contribution is 2.43. The molecule has 1 atom stereocenters. The molecule has 0 radical (unpaired) electrons. The molecule has 2 heterocycles. The van der Waals surface area contributed by atoms with Crippen LogP contribution in [0.4, 0.5) is 5.69 Å². The van der Waals surface area contributed by atoms with Gasteiger partial charge in [0.25, 0.3) is 5.91 Å². The van der Waals surface area contributed by atoms with Gasteiger partial charge in [-0.1, -0.05) is 25.8 Å². The van der Waals surface area contributed by atoms with Gasteiger partial charge < -0.3 is 18.6 Å². The van der Waals surface area contributed by atoms with Crippen molar-refractivity contribution < 1.29 is 28.2 Å². The van der Waals surface area contributed by atoms with Crippen molar-refractivity contribution in [2.24, 2.45) is 0 Å². The lowest BCUT2D eigenvalue weighted by Gasteiger charge is -2.26. The molecule has 0 spiro atoms. The first kappa shape index (κ1) is 29.9. The molecule has 0 saturated carbocycles. The summed E-state index contributed by atoms with van der Waals surface area (Å²) in [5, 5.41) is 0.417. The molecule has 224 valence electrons. The van der Waals surface area contributed by atoms with Gasteiger partial charge >= 0.3 is 5.97 Å². The minimum absolute atomic E-state index is 0.00178. The van der Waals surface area contributed by atoms with Crippen molar-refractivity contribution in [2.75, 3.05) is 24.7 Å². The van der Waals surface area contributed by atoms with E-state index in [1.54, 1.807) is 37.3 Å². The number of rotatable bonds is 11. The van der Waals surface area contributed by atoms with E-state index in [1.807, 2.05) is 45.0 Å². The second-order valence-corrected chi connectivity index (χ2v) is 10.6. The van der Waals surface area contributed by atoms with Crippen LogP contribution >= 0.6 is 0 Å². The van der Waals surface area contributed by atoms with Crippen LogP contribution in [0.5, 0.6) is 11.5 Å². The quantitative estimate of drug-likeness (QED) is 0.135. The number of carbonyl (C=O) groups excluding carboxylic acids is 2. The molecule has 8 heteroatoms. The first-order chi connectivity index (χ1) is 20.8. The van der Waals surface area contributed by atoms with Gasteiger partial charge in [-0.2, -0.15) is 0 Å². The minimum Gasteiger partial charge on any atom is -0.490 e. The van der Waals surface area contributed by atoms with E-state index in [0.29, 0.717) is 52.5 Å². The number of fused-ring (bicyclic) bond motifs is 2. The Bertz CT molecular complexity index is 1720. The van der Waals surface area contributed by atoms with Crippen LogP contribution in [0.2, 0.25) is 0 Å². The fourth-order valence-corrected chi connectivity index (χ4v) is 5.40. The zero-order valence-corrected chi connectivity index (χ0v) is 25.3. The lowest BCUT2D eigenvalue weighted by Crippen LogP contribution is -2.29. The fraction of sp³-hybridized carbons (Fsp3) is 0.343. The molecule has 43 heavy (non-hydrogen) atoms. The van der Waals surface area contributed by atoms with Crippen LogP contribution in [0, 0.1) is 13.8 Å². The Balaban J connectivity index is 1.66. The van der Waals surface area contributed by atoms with Crippen molar-refractivity contribution in [3.8, 4) is 11.5 Å². The smallest absolute Gasteiger partial charge is 0.338 e. The number of anilines is 1. The highest BCUT2D eigenvalue weighted by atomic mass is 16.5. The van der Waals surface area contributed by atoms with Crippen LogP contribution in [0.3, 0.4) is 0 Å². The van der Waals surface area contributed by atoms with Gasteiger partial charge in [-0.25, -0.2) is 4.79 Å². The average molecular weight is 584 g/mol. The zero-order valence-electron chi connectivity index (χ0n) is 25.3. The Kier molecular flexibility index (Phi) is 8.85. The van der Waals surface area contributed by atoms with Crippen molar-refractivity contribution in [1.29, 1.82) is 0 Å². The maximum Gasteiger partial charge on any atom is 0.338 e. The number of amides is 1. The van der Waals surface area contributed by atoms with Gasteiger partial charge in [-0.05, 0) is 99.3 Å². The number of carbonyl (C=O) groups is 2. The van der Waals surface area contributed by atoms with Crippen molar-refractivity contribution in [2.45, 2.75) is 59.9 Å². The third-order valence-corrected chi connectivity index (χ3v) is 7.73. The number of esters is 1. The number of hydrogen-bond donors (Lipinski definition) is 0. The molecule has 1 aliphatic rings. The number of nitrogens with zero attached hydrogens (tertiary/aromatic N) is 1. The molecule has 0 aliphatic carbocycles. The van der Waals surface area contributed by atoms with Crippen molar-refractivity contribution >= 4 is 28.5 Å². The molecule has 3 aromatic carbocycles. The molecular weight excluding hydrogens is 546 g/mol. The van der Waals surface area contributed by atoms with Gasteiger partial charge in [0, 0.05) is 5.69 Å². The Morgan fingerprint density at radius 2 is 1.60 bits per heavy atom. The molecule has 0 fully saturated rings. The normalized spacial score (nSPS) is 14.2.